The molecule has 72 valence electrons. The number of halogens is 1. The van der Waals surface area contributed by atoms with Crippen LogP contribution in [-0.2, 0) is 0 Å². The van der Waals surface area contributed by atoms with Crippen LogP contribution >= 0.6 is 22.9 Å². The van der Waals surface area contributed by atoms with Crippen molar-refractivity contribution in [2.75, 3.05) is 12.4 Å². The second-order valence-electron chi connectivity index (χ2n) is 2.77. The van der Waals surface area contributed by atoms with Gasteiger partial charge in [-0.05, 0) is 24.3 Å². The van der Waals surface area contributed by atoms with E-state index in [1.165, 1.54) is 0 Å². The molecule has 0 bridgehead atoms. The first-order valence-corrected chi connectivity index (χ1v) is 5.60. The zero-order chi connectivity index (χ0) is 9.68. The van der Waals surface area contributed by atoms with Crippen LogP contribution in [0.25, 0.3) is 0 Å². The number of rotatable bonds is 4. The molecule has 0 aliphatic rings. The summed E-state index contributed by atoms with van der Waals surface area (Å²) in [6, 6.07) is 0. The van der Waals surface area contributed by atoms with Crippen molar-refractivity contribution in [3.8, 4) is 0 Å². The van der Waals surface area contributed by atoms with Crippen molar-refractivity contribution in [2.24, 2.45) is 0 Å². The lowest BCUT2D eigenvalue weighted by molar-refractivity contribution is 0.0953. The number of aryl methyl sites for hydroxylation is 1. The molecule has 2 nitrogen and oxygen atoms in total. The van der Waals surface area contributed by atoms with Gasteiger partial charge < -0.3 is 5.32 Å². The maximum absolute atomic E-state index is 11.5. The molecular weight excluding hydrogens is 206 g/mol. The molecule has 0 radical (unpaired) electrons. The Morgan fingerprint density at radius 2 is 2.38 bits per heavy atom. The Labute approximate surface area is 86.9 Å². The van der Waals surface area contributed by atoms with Crippen LogP contribution in [0.4, 0.5) is 0 Å². The number of amides is 1. The monoisotopic (exact) mass is 217 g/mol. The maximum Gasteiger partial charge on any atom is 0.252 e. The van der Waals surface area contributed by atoms with E-state index >= 15 is 0 Å². The number of hydrogen-bond acceptors (Lipinski definition) is 2. The smallest absolute Gasteiger partial charge is 0.252 e. The molecule has 1 aromatic heterocycles. The summed E-state index contributed by atoms with van der Waals surface area (Å²) in [6.45, 7) is 2.59. The lowest BCUT2D eigenvalue weighted by Crippen LogP contribution is -2.24. The normalized spacial score (nSPS) is 10.0. The van der Waals surface area contributed by atoms with Gasteiger partial charge in [-0.3, -0.25) is 4.79 Å². The largest absolute Gasteiger partial charge is 0.352 e. The fourth-order valence-corrected chi connectivity index (χ4v) is 1.92. The Hall–Kier alpha value is -0.540. The van der Waals surface area contributed by atoms with Gasteiger partial charge in [-0.15, -0.1) is 11.6 Å². The molecule has 0 atom stereocenters. The van der Waals surface area contributed by atoms with Gasteiger partial charge in [0.1, 0.15) is 0 Å². The minimum absolute atomic E-state index is 0.00358. The van der Waals surface area contributed by atoms with E-state index in [1.807, 2.05) is 17.7 Å². The minimum atomic E-state index is 0.00358. The van der Waals surface area contributed by atoms with Crippen molar-refractivity contribution >= 4 is 28.8 Å². The van der Waals surface area contributed by atoms with E-state index in [0.29, 0.717) is 12.4 Å². The zero-order valence-corrected chi connectivity index (χ0v) is 9.04. The van der Waals surface area contributed by atoms with Crippen molar-refractivity contribution in [3.05, 3.63) is 21.9 Å². The highest BCUT2D eigenvalue weighted by Gasteiger charge is 2.07. The van der Waals surface area contributed by atoms with Gasteiger partial charge in [0.25, 0.3) is 5.91 Å². The molecule has 13 heavy (non-hydrogen) atoms. The maximum atomic E-state index is 11.5. The van der Waals surface area contributed by atoms with Crippen molar-refractivity contribution < 1.29 is 4.79 Å². The number of nitrogens with one attached hydrogen (secondary N) is 1. The molecule has 0 unspecified atom stereocenters. The summed E-state index contributed by atoms with van der Waals surface area (Å²) < 4.78 is 0. The second-order valence-corrected chi connectivity index (χ2v) is 3.89. The van der Waals surface area contributed by atoms with Gasteiger partial charge in [-0.25, -0.2) is 0 Å². The van der Waals surface area contributed by atoms with E-state index in [9.17, 15) is 4.79 Å². The third-order valence-electron chi connectivity index (χ3n) is 1.70. The second kappa shape index (κ2) is 5.25. The Bertz CT molecular complexity index is 285. The fraction of sp³-hybridized carbons (Fsp3) is 0.444. The van der Waals surface area contributed by atoms with E-state index in [4.69, 9.17) is 11.6 Å². The molecule has 0 aliphatic carbocycles. The van der Waals surface area contributed by atoms with Gasteiger partial charge in [0.15, 0.2) is 0 Å². The van der Waals surface area contributed by atoms with Gasteiger partial charge in [0.2, 0.25) is 0 Å². The highest BCUT2D eigenvalue weighted by molar-refractivity contribution is 7.08. The Morgan fingerprint density at radius 3 is 2.92 bits per heavy atom. The predicted molar refractivity (Wildman–Crippen MR) is 56.7 cm³/mol. The summed E-state index contributed by atoms with van der Waals surface area (Å²) in [5, 5.41) is 6.65. The summed E-state index contributed by atoms with van der Waals surface area (Å²) in [5.74, 6) is 0.590. The molecule has 4 heteroatoms. The average Bonchev–Trinajstić information content (AvgIpc) is 2.52. The number of hydrogen-bond donors (Lipinski definition) is 1. The summed E-state index contributed by atoms with van der Waals surface area (Å²) in [6.07, 6.45) is 0.816. The van der Waals surface area contributed by atoms with E-state index in [-0.39, 0.29) is 5.91 Å². The Morgan fingerprint density at radius 1 is 1.62 bits per heavy atom. The van der Waals surface area contributed by atoms with Gasteiger partial charge in [-0.1, -0.05) is 0 Å². The SMILES string of the molecule is Cc1cscc1C(=O)NCCCCl. The first-order valence-electron chi connectivity index (χ1n) is 4.12. The van der Waals surface area contributed by atoms with E-state index in [1.54, 1.807) is 11.3 Å². The minimum Gasteiger partial charge on any atom is -0.352 e. The number of thiophene rings is 1. The van der Waals surface area contributed by atoms with E-state index < -0.39 is 0 Å². The molecule has 0 aliphatic heterocycles. The van der Waals surface area contributed by atoms with Crippen molar-refractivity contribution in [1.29, 1.82) is 0 Å². The molecule has 0 aromatic carbocycles. The van der Waals surface area contributed by atoms with Crippen LogP contribution in [0.2, 0.25) is 0 Å². The van der Waals surface area contributed by atoms with Crippen LogP contribution < -0.4 is 5.32 Å². The Kier molecular flexibility index (Phi) is 4.25. The quantitative estimate of drug-likeness (QED) is 0.609. The lowest BCUT2D eigenvalue weighted by Gasteiger charge is -2.02. The Balaban J connectivity index is 2.45. The first kappa shape index (κ1) is 10.5. The van der Waals surface area contributed by atoms with Gasteiger partial charge in [-0.2, -0.15) is 11.3 Å². The first-order chi connectivity index (χ1) is 6.25. The van der Waals surface area contributed by atoms with Crippen LogP contribution in [0.1, 0.15) is 22.3 Å². The third-order valence-corrected chi connectivity index (χ3v) is 2.82. The summed E-state index contributed by atoms with van der Waals surface area (Å²) in [4.78, 5) is 11.5. The van der Waals surface area contributed by atoms with Crippen LogP contribution in [0, 0.1) is 6.92 Å². The molecule has 0 spiro atoms. The van der Waals surface area contributed by atoms with Crippen molar-refractivity contribution in [2.45, 2.75) is 13.3 Å². The molecule has 0 saturated carbocycles. The number of carbonyl (C=O) groups is 1. The standard InChI is InChI=1S/C9H12ClNOS/c1-7-5-13-6-8(7)9(12)11-4-2-3-10/h5-6H,2-4H2,1H3,(H,11,12). The summed E-state index contributed by atoms with van der Waals surface area (Å²) in [7, 11) is 0. The zero-order valence-electron chi connectivity index (χ0n) is 7.47. The molecule has 1 N–H and O–H groups in total. The number of carbonyl (C=O) groups excluding carboxylic acids is 1. The molecular formula is C9H12ClNOS. The van der Waals surface area contributed by atoms with Crippen LogP contribution in [-0.4, -0.2) is 18.3 Å². The summed E-state index contributed by atoms with van der Waals surface area (Å²) >= 11 is 7.04. The lowest BCUT2D eigenvalue weighted by atomic mass is 10.2. The van der Waals surface area contributed by atoms with Gasteiger partial charge >= 0.3 is 0 Å². The molecule has 1 aromatic rings. The van der Waals surface area contributed by atoms with E-state index in [2.05, 4.69) is 5.32 Å². The third kappa shape index (κ3) is 3.01. The number of alkyl halides is 1. The molecule has 0 saturated heterocycles. The summed E-state index contributed by atoms with van der Waals surface area (Å²) in [5.41, 5.74) is 1.81. The van der Waals surface area contributed by atoms with Crippen molar-refractivity contribution in [3.63, 3.8) is 0 Å². The molecule has 1 amide bonds. The topological polar surface area (TPSA) is 29.1 Å². The highest BCUT2D eigenvalue weighted by Crippen LogP contribution is 2.12. The van der Waals surface area contributed by atoms with Crippen LogP contribution in [0.15, 0.2) is 10.8 Å². The molecule has 1 heterocycles. The van der Waals surface area contributed by atoms with Crippen LogP contribution in [0.5, 0.6) is 0 Å². The molecule has 1 rings (SSSR count). The predicted octanol–water partition coefficient (Wildman–Crippen LogP) is 2.42. The highest BCUT2D eigenvalue weighted by atomic mass is 35.5. The van der Waals surface area contributed by atoms with Crippen molar-refractivity contribution in [1.82, 2.24) is 5.32 Å². The van der Waals surface area contributed by atoms with Gasteiger partial charge in [0, 0.05) is 17.8 Å². The fourth-order valence-electron chi connectivity index (χ4n) is 0.957. The molecule has 0 fully saturated rings. The van der Waals surface area contributed by atoms with E-state index in [0.717, 1.165) is 17.5 Å². The van der Waals surface area contributed by atoms with Crippen LogP contribution in [0.3, 0.4) is 0 Å². The average molecular weight is 218 g/mol. The van der Waals surface area contributed by atoms with Gasteiger partial charge in [0.05, 0.1) is 5.56 Å².